The minimum absolute atomic E-state index is 0.00892. The Morgan fingerprint density at radius 1 is 1.00 bits per heavy atom. The summed E-state index contributed by atoms with van der Waals surface area (Å²) in [5.41, 5.74) is 1.90. The molecule has 1 fully saturated rings. The molecule has 2 aromatic carbocycles. The predicted octanol–water partition coefficient (Wildman–Crippen LogP) is 3.21. The summed E-state index contributed by atoms with van der Waals surface area (Å²) >= 11 is 0. The number of piperazine rings is 1. The normalized spacial score (nSPS) is 16.8. The molecule has 1 atom stereocenters. The van der Waals surface area contributed by atoms with Crippen LogP contribution in [0.1, 0.15) is 22.8 Å². The summed E-state index contributed by atoms with van der Waals surface area (Å²) in [6, 6.07) is 16.7. The molecule has 1 heterocycles. The van der Waals surface area contributed by atoms with Crippen molar-refractivity contribution in [2.24, 2.45) is 0 Å². The minimum Gasteiger partial charge on any atom is -0.336 e. The van der Waals surface area contributed by atoms with Gasteiger partial charge in [0.2, 0.25) is 0 Å². The summed E-state index contributed by atoms with van der Waals surface area (Å²) in [5, 5.41) is 0. The Morgan fingerprint density at radius 3 is 2.25 bits per heavy atom. The van der Waals surface area contributed by atoms with Crippen LogP contribution in [-0.2, 0) is 6.42 Å². The highest BCUT2D eigenvalue weighted by atomic mass is 19.1. The smallest absolute Gasteiger partial charge is 0.253 e. The van der Waals surface area contributed by atoms with Gasteiger partial charge in [-0.15, -0.1) is 0 Å². The number of halogens is 1. The zero-order valence-corrected chi connectivity index (χ0v) is 14.0. The SMILES string of the molecule is CC(Cc1ccccc1)N1CCN(C(=O)c2ccc(F)cc2)CC1. The van der Waals surface area contributed by atoms with Crippen LogP contribution < -0.4 is 0 Å². The van der Waals surface area contributed by atoms with Crippen molar-refractivity contribution in [1.29, 1.82) is 0 Å². The molecule has 0 radical (unpaired) electrons. The van der Waals surface area contributed by atoms with Crippen molar-refractivity contribution < 1.29 is 9.18 Å². The number of carbonyl (C=O) groups is 1. The third kappa shape index (κ3) is 4.01. The number of hydrogen-bond acceptors (Lipinski definition) is 2. The molecule has 0 aliphatic carbocycles. The molecule has 3 nitrogen and oxygen atoms in total. The van der Waals surface area contributed by atoms with E-state index in [0.29, 0.717) is 11.6 Å². The highest BCUT2D eigenvalue weighted by Gasteiger charge is 2.24. The molecule has 0 N–H and O–H groups in total. The fraction of sp³-hybridized carbons (Fsp3) is 0.350. The monoisotopic (exact) mass is 326 g/mol. The van der Waals surface area contributed by atoms with Gasteiger partial charge in [0.15, 0.2) is 0 Å². The van der Waals surface area contributed by atoms with Crippen molar-refractivity contribution in [1.82, 2.24) is 9.80 Å². The number of hydrogen-bond donors (Lipinski definition) is 0. The van der Waals surface area contributed by atoms with Crippen molar-refractivity contribution in [3.63, 3.8) is 0 Å². The molecular weight excluding hydrogens is 303 g/mol. The van der Waals surface area contributed by atoms with E-state index in [9.17, 15) is 9.18 Å². The highest BCUT2D eigenvalue weighted by Crippen LogP contribution is 2.14. The molecule has 1 saturated heterocycles. The molecule has 1 aliphatic heterocycles. The average molecular weight is 326 g/mol. The number of carbonyl (C=O) groups excluding carboxylic acids is 1. The van der Waals surface area contributed by atoms with E-state index >= 15 is 0 Å². The summed E-state index contributed by atoms with van der Waals surface area (Å²) in [4.78, 5) is 16.8. The molecule has 3 rings (SSSR count). The Hall–Kier alpha value is -2.20. The topological polar surface area (TPSA) is 23.6 Å². The van der Waals surface area contributed by atoms with Gasteiger partial charge in [0.25, 0.3) is 5.91 Å². The van der Waals surface area contributed by atoms with Gasteiger partial charge in [-0.25, -0.2) is 4.39 Å². The van der Waals surface area contributed by atoms with Crippen molar-refractivity contribution in [2.75, 3.05) is 26.2 Å². The van der Waals surface area contributed by atoms with Gasteiger partial charge in [-0.1, -0.05) is 30.3 Å². The van der Waals surface area contributed by atoms with E-state index < -0.39 is 0 Å². The third-order valence-corrected chi connectivity index (χ3v) is 4.69. The summed E-state index contributed by atoms with van der Waals surface area (Å²) in [6.07, 6.45) is 1.02. The molecule has 4 heteroatoms. The van der Waals surface area contributed by atoms with Crippen LogP contribution >= 0.6 is 0 Å². The summed E-state index contributed by atoms with van der Waals surface area (Å²) < 4.78 is 13.0. The number of nitrogens with zero attached hydrogens (tertiary/aromatic N) is 2. The van der Waals surface area contributed by atoms with Crippen LogP contribution in [0.4, 0.5) is 4.39 Å². The van der Waals surface area contributed by atoms with E-state index in [1.807, 2.05) is 11.0 Å². The average Bonchev–Trinajstić information content (AvgIpc) is 2.63. The Kier molecular flexibility index (Phi) is 5.26. The Bertz CT molecular complexity index is 664. The van der Waals surface area contributed by atoms with Gasteiger partial charge in [-0.3, -0.25) is 9.69 Å². The van der Waals surface area contributed by atoms with Gasteiger partial charge in [-0.2, -0.15) is 0 Å². The van der Waals surface area contributed by atoms with Crippen molar-refractivity contribution in [3.8, 4) is 0 Å². The largest absolute Gasteiger partial charge is 0.336 e. The number of benzene rings is 2. The van der Waals surface area contributed by atoms with Crippen molar-refractivity contribution >= 4 is 5.91 Å². The van der Waals surface area contributed by atoms with E-state index in [-0.39, 0.29) is 11.7 Å². The van der Waals surface area contributed by atoms with Crippen LogP contribution in [0.25, 0.3) is 0 Å². The van der Waals surface area contributed by atoms with E-state index in [0.717, 1.165) is 32.6 Å². The lowest BCUT2D eigenvalue weighted by molar-refractivity contribution is 0.0582. The number of amides is 1. The Labute approximate surface area is 142 Å². The van der Waals surface area contributed by atoms with Crippen molar-refractivity contribution in [3.05, 3.63) is 71.5 Å². The van der Waals surface area contributed by atoms with Crippen LogP contribution in [-0.4, -0.2) is 47.9 Å². The quantitative estimate of drug-likeness (QED) is 0.861. The maximum Gasteiger partial charge on any atom is 0.253 e. The Balaban J connectivity index is 1.53. The van der Waals surface area contributed by atoms with Crippen LogP contribution in [0.5, 0.6) is 0 Å². The first kappa shape index (κ1) is 16.7. The molecule has 0 bridgehead atoms. The molecule has 2 aromatic rings. The van der Waals surface area contributed by atoms with Gasteiger partial charge >= 0.3 is 0 Å². The first-order chi connectivity index (χ1) is 11.6. The zero-order chi connectivity index (χ0) is 16.9. The van der Waals surface area contributed by atoms with E-state index in [4.69, 9.17) is 0 Å². The van der Waals surface area contributed by atoms with Crippen LogP contribution in [0.15, 0.2) is 54.6 Å². The lowest BCUT2D eigenvalue weighted by atomic mass is 10.1. The zero-order valence-electron chi connectivity index (χ0n) is 14.0. The van der Waals surface area contributed by atoms with Crippen LogP contribution in [0, 0.1) is 5.82 Å². The van der Waals surface area contributed by atoms with E-state index in [2.05, 4.69) is 36.1 Å². The minimum atomic E-state index is -0.314. The Morgan fingerprint density at radius 2 is 1.62 bits per heavy atom. The fourth-order valence-electron chi connectivity index (χ4n) is 3.23. The molecule has 1 amide bonds. The second kappa shape index (κ2) is 7.58. The lowest BCUT2D eigenvalue weighted by Gasteiger charge is -2.38. The first-order valence-corrected chi connectivity index (χ1v) is 8.46. The standard InChI is InChI=1S/C20H23FN2O/c1-16(15-17-5-3-2-4-6-17)22-11-13-23(14-12-22)20(24)18-7-9-19(21)10-8-18/h2-10,16H,11-15H2,1H3. The molecule has 1 aliphatic rings. The summed E-state index contributed by atoms with van der Waals surface area (Å²) in [7, 11) is 0. The summed E-state index contributed by atoms with van der Waals surface area (Å²) in [6.45, 7) is 5.43. The van der Waals surface area contributed by atoms with E-state index in [1.54, 1.807) is 12.1 Å². The molecule has 0 saturated carbocycles. The number of rotatable bonds is 4. The molecular formula is C20H23FN2O. The molecule has 24 heavy (non-hydrogen) atoms. The predicted molar refractivity (Wildman–Crippen MR) is 93.5 cm³/mol. The van der Waals surface area contributed by atoms with Crippen LogP contribution in [0.2, 0.25) is 0 Å². The molecule has 0 aromatic heterocycles. The molecule has 126 valence electrons. The maximum absolute atomic E-state index is 13.0. The second-order valence-electron chi connectivity index (χ2n) is 6.37. The van der Waals surface area contributed by atoms with E-state index in [1.165, 1.54) is 17.7 Å². The molecule has 0 spiro atoms. The maximum atomic E-state index is 13.0. The van der Waals surface area contributed by atoms with Gasteiger partial charge in [0, 0.05) is 37.8 Å². The second-order valence-corrected chi connectivity index (χ2v) is 6.37. The fourth-order valence-corrected chi connectivity index (χ4v) is 3.23. The van der Waals surface area contributed by atoms with Crippen LogP contribution in [0.3, 0.4) is 0 Å². The van der Waals surface area contributed by atoms with Gasteiger partial charge in [0.05, 0.1) is 0 Å². The van der Waals surface area contributed by atoms with Gasteiger partial charge in [0.1, 0.15) is 5.82 Å². The first-order valence-electron chi connectivity index (χ1n) is 8.46. The highest BCUT2D eigenvalue weighted by molar-refractivity contribution is 5.94. The molecule has 1 unspecified atom stereocenters. The summed E-state index contributed by atoms with van der Waals surface area (Å²) in [5.74, 6) is -0.323. The van der Waals surface area contributed by atoms with Gasteiger partial charge in [-0.05, 0) is 43.2 Å². The third-order valence-electron chi connectivity index (χ3n) is 4.69. The van der Waals surface area contributed by atoms with Crippen molar-refractivity contribution in [2.45, 2.75) is 19.4 Å². The van der Waals surface area contributed by atoms with Gasteiger partial charge < -0.3 is 4.90 Å². The lowest BCUT2D eigenvalue weighted by Crippen LogP contribution is -2.51.